The van der Waals surface area contributed by atoms with Crippen molar-refractivity contribution in [2.45, 2.75) is 361 Å². The Labute approximate surface area is 491 Å². The molecule has 1 atom stereocenters. The summed E-state index contributed by atoms with van der Waals surface area (Å²) in [5.74, 6) is -0.880. The molecule has 0 heterocycles. The van der Waals surface area contributed by atoms with Gasteiger partial charge in [-0.1, -0.05) is 299 Å². The average molecular weight is 1100 g/mol. The molecule has 0 aliphatic carbocycles. The minimum atomic E-state index is -0.784. The van der Waals surface area contributed by atoms with Crippen molar-refractivity contribution in [1.29, 1.82) is 0 Å². The maximum Gasteiger partial charge on any atom is 0.306 e. The Bertz CT molecular complexity index is 1450. The first-order valence-corrected chi connectivity index (χ1v) is 34.4. The van der Waals surface area contributed by atoms with Crippen molar-refractivity contribution in [3.05, 3.63) is 72.9 Å². The third-order valence-corrected chi connectivity index (χ3v) is 15.2. The molecule has 0 saturated heterocycles. The van der Waals surface area contributed by atoms with Gasteiger partial charge in [-0.2, -0.15) is 0 Å². The Morgan fingerprint density at radius 3 is 0.785 bits per heavy atom. The second-order valence-corrected chi connectivity index (χ2v) is 23.1. The number of rotatable bonds is 63. The van der Waals surface area contributed by atoms with E-state index in [1.807, 2.05) is 0 Å². The summed E-state index contributed by atoms with van der Waals surface area (Å²) < 4.78 is 17.0. The third kappa shape index (κ3) is 65.5. The molecule has 0 bridgehead atoms. The van der Waals surface area contributed by atoms with Crippen LogP contribution < -0.4 is 0 Å². The Balaban J connectivity index is 4.24. The predicted molar refractivity (Wildman–Crippen MR) is 344 cm³/mol. The third-order valence-electron chi connectivity index (χ3n) is 15.2. The number of hydrogen-bond donors (Lipinski definition) is 0. The standard InChI is InChI=1S/C73H130O6/c1-4-7-10-13-16-19-22-25-28-30-31-32-33-34-35-36-37-38-39-40-41-43-45-48-51-54-57-60-63-66-72(75)78-69-70(68-77-71(74)65-62-59-56-53-50-47-44-27-24-21-18-15-12-9-6-3)79-73(76)67-64-61-58-55-52-49-46-42-29-26-23-20-17-14-11-8-5-2/h8,11,17,20,22,25-27,29-31,44,70H,4-7,9-10,12-16,18-19,21,23-24,28,32-43,45-69H2,1-3H3/b11-8-,20-17-,25-22-,29-26-,31-30-,44-27-. The van der Waals surface area contributed by atoms with E-state index in [0.717, 1.165) is 96.3 Å². The Morgan fingerprint density at radius 1 is 0.266 bits per heavy atom. The summed E-state index contributed by atoms with van der Waals surface area (Å²) in [6.45, 7) is 6.55. The number of allylic oxidation sites excluding steroid dienone is 12. The van der Waals surface area contributed by atoms with Crippen LogP contribution in [0.5, 0.6) is 0 Å². The van der Waals surface area contributed by atoms with Gasteiger partial charge in [0.25, 0.3) is 0 Å². The van der Waals surface area contributed by atoms with Crippen LogP contribution in [0.4, 0.5) is 0 Å². The van der Waals surface area contributed by atoms with Gasteiger partial charge in [-0.3, -0.25) is 14.4 Å². The van der Waals surface area contributed by atoms with Crippen molar-refractivity contribution in [1.82, 2.24) is 0 Å². The maximum atomic E-state index is 12.9. The summed E-state index contributed by atoms with van der Waals surface area (Å²) in [5, 5.41) is 0. The number of esters is 3. The summed E-state index contributed by atoms with van der Waals surface area (Å²) in [4.78, 5) is 38.4. The van der Waals surface area contributed by atoms with Crippen LogP contribution in [0.3, 0.4) is 0 Å². The van der Waals surface area contributed by atoms with Gasteiger partial charge in [-0.15, -0.1) is 0 Å². The first kappa shape index (κ1) is 75.8. The highest BCUT2D eigenvalue weighted by Crippen LogP contribution is 2.17. The van der Waals surface area contributed by atoms with Gasteiger partial charge in [0.2, 0.25) is 0 Å². The molecule has 458 valence electrons. The van der Waals surface area contributed by atoms with Gasteiger partial charge in [-0.05, 0) is 109 Å². The molecule has 0 N–H and O–H groups in total. The Morgan fingerprint density at radius 2 is 0.494 bits per heavy atom. The van der Waals surface area contributed by atoms with Crippen molar-refractivity contribution < 1.29 is 28.6 Å². The second-order valence-electron chi connectivity index (χ2n) is 23.1. The van der Waals surface area contributed by atoms with E-state index in [4.69, 9.17) is 14.2 Å². The van der Waals surface area contributed by atoms with E-state index in [1.54, 1.807) is 0 Å². The van der Waals surface area contributed by atoms with Crippen molar-refractivity contribution in [2.75, 3.05) is 13.2 Å². The fraction of sp³-hybridized carbons (Fsp3) is 0.795. The lowest BCUT2D eigenvalue weighted by Crippen LogP contribution is -2.30. The van der Waals surface area contributed by atoms with E-state index in [0.29, 0.717) is 19.3 Å². The van der Waals surface area contributed by atoms with Crippen LogP contribution in [0.15, 0.2) is 72.9 Å². The minimum absolute atomic E-state index is 0.0793. The van der Waals surface area contributed by atoms with Gasteiger partial charge < -0.3 is 14.2 Å². The number of ether oxygens (including phenoxy) is 3. The highest BCUT2D eigenvalue weighted by Gasteiger charge is 2.19. The molecular formula is C73H130O6. The van der Waals surface area contributed by atoms with E-state index in [-0.39, 0.29) is 31.1 Å². The molecular weight excluding hydrogens is 973 g/mol. The SMILES string of the molecule is CC/C=C\C/C=C\C/C=C\CCCCCCCCCC(=O)OC(COC(=O)CCCCCCC/C=C\CCCCCCCC)COC(=O)CCCCCCCCCCCCCCCCCCC/C=C\C/C=C\CCCCCCC. The summed E-state index contributed by atoms with van der Waals surface area (Å²) in [6.07, 6.45) is 87.8. The molecule has 79 heavy (non-hydrogen) atoms. The summed E-state index contributed by atoms with van der Waals surface area (Å²) in [6, 6.07) is 0. The lowest BCUT2D eigenvalue weighted by atomic mass is 10.0. The molecule has 0 amide bonds. The molecule has 0 aliphatic heterocycles. The summed E-state index contributed by atoms with van der Waals surface area (Å²) in [5.41, 5.74) is 0. The highest BCUT2D eigenvalue weighted by molar-refractivity contribution is 5.71. The zero-order chi connectivity index (χ0) is 57.1. The second kappa shape index (κ2) is 67.4. The molecule has 0 aromatic heterocycles. The molecule has 0 radical (unpaired) electrons. The van der Waals surface area contributed by atoms with Crippen LogP contribution in [0.1, 0.15) is 355 Å². The van der Waals surface area contributed by atoms with Crippen molar-refractivity contribution in [3.8, 4) is 0 Å². The van der Waals surface area contributed by atoms with Gasteiger partial charge >= 0.3 is 17.9 Å². The van der Waals surface area contributed by atoms with E-state index in [1.165, 1.54) is 218 Å². The first-order chi connectivity index (χ1) is 39.0. The smallest absolute Gasteiger partial charge is 0.306 e. The summed E-state index contributed by atoms with van der Waals surface area (Å²) in [7, 11) is 0. The normalized spacial score (nSPS) is 12.5. The van der Waals surface area contributed by atoms with Crippen LogP contribution >= 0.6 is 0 Å². The Hall–Kier alpha value is -3.15. The van der Waals surface area contributed by atoms with E-state index < -0.39 is 6.10 Å². The van der Waals surface area contributed by atoms with Crippen LogP contribution in [0, 0.1) is 0 Å². The lowest BCUT2D eigenvalue weighted by molar-refractivity contribution is -0.167. The Kier molecular flexibility index (Phi) is 64.7. The van der Waals surface area contributed by atoms with Gasteiger partial charge in [0.05, 0.1) is 0 Å². The number of unbranched alkanes of at least 4 members (excludes halogenated alkanes) is 40. The molecule has 0 fully saturated rings. The fourth-order valence-electron chi connectivity index (χ4n) is 10.0. The maximum absolute atomic E-state index is 12.9. The molecule has 0 saturated carbocycles. The summed E-state index contributed by atoms with van der Waals surface area (Å²) >= 11 is 0. The molecule has 6 nitrogen and oxygen atoms in total. The monoisotopic (exact) mass is 1100 g/mol. The molecule has 0 aromatic carbocycles. The number of carbonyl (C=O) groups is 3. The molecule has 0 spiro atoms. The van der Waals surface area contributed by atoms with Crippen molar-refractivity contribution in [3.63, 3.8) is 0 Å². The molecule has 0 rings (SSSR count). The first-order valence-electron chi connectivity index (χ1n) is 34.4. The lowest BCUT2D eigenvalue weighted by Gasteiger charge is -2.18. The number of hydrogen-bond acceptors (Lipinski definition) is 6. The van der Waals surface area contributed by atoms with Gasteiger partial charge in [-0.25, -0.2) is 0 Å². The van der Waals surface area contributed by atoms with E-state index in [9.17, 15) is 14.4 Å². The molecule has 0 aromatic rings. The molecule has 6 heteroatoms. The van der Waals surface area contributed by atoms with Crippen LogP contribution in [-0.4, -0.2) is 37.2 Å². The van der Waals surface area contributed by atoms with E-state index in [2.05, 4.69) is 93.7 Å². The van der Waals surface area contributed by atoms with Crippen LogP contribution in [-0.2, 0) is 28.6 Å². The van der Waals surface area contributed by atoms with Gasteiger partial charge in [0.1, 0.15) is 13.2 Å². The van der Waals surface area contributed by atoms with Crippen LogP contribution in [0.25, 0.3) is 0 Å². The van der Waals surface area contributed by atoms with E-state index >= 15 is 0 Å². The highest BCUT2D eigenvalue weighted by atomic mass is 16.6. The zero-order valence-electron chi connectivity index (χ0n) is 52.6. The minimum Gasteiger partial charge on any atom is -0.462 e. The fourth-order valence-corrected chi connectivity index (χ4v) is 10.0. The van der Waals surface area contributed by atoms with Gasteiger partial charge in [0, 0.05) is 19.3 Å². The molecule has 0 aliphatic rings. The van der Waals surface area contributed by atoms with Crippen molar-refractivity contribution in [2.24, 2.45) is 0 Å². The topological polar surface area (TPSA) is 78.9 Å². The quantitative estimate of drug-likeness (QED) is 0.0261. The predicted octanol–water partition coefficient (Wildman–Crippen LogP) is 23.7. The molecule has 1 unspecified atom stereocenters. The largest absolute Gasteiger partial charge is 0.462 e. The number of carbonyl (C=O) groups excluding carboxylic acids is 3. The van der Waals surface area contributed by atoms with Gasteiger partial charge in [0.15, 0.2) is 6.10 Å². The van der Waals surface area contributed by atoms with Crippen molar-refractivity contribution >= 4 is 17.9 Å². The zero-order valence-corrected chi connectivity index (χ0v) is 52.6. The van der Waals surface area contributed by atoms with Crippen LogP contribution in [0.2, 0.25) is 0 Å². The average Bonchev–Trinajstić information content (AvgIpc) is 3.45.